The highest BCUT2D eigenvalue weighted by atomic mass is 16.4. The number of hydrogen-bond acceptors (Lipinski definition) is 3. The van der Waals surface area contributed by atoms with E-state index in [4.69, 9.17) is 5.26 Å². The summed E-state index contributed by atoms with van der Waals surface area (Å²) >= 11 is 0. The zero-order valence-electron chi connectivity index (χ0n) is 11.3. The molecule has 5 heteroatoms. The van der Waals surface area contributed by atoms with Crippen LogP contribution in [0, 0.1) is 18.3 Å². The van der Waals surface area contributed by atoms with E-state index in [1.165, 1.54) is 0 Å². The maximum Gasteiger partial charge on any atom is 0.356 e. The van der Waals surface area contributed by atoms with Gasteiger partial charge >= 0.3 is 5.97 Å². The molecule has 2 rings (SSSR count). The highest BCUT2D eigenvalue weighted by molar-refractivity contribution is 5.87. The Hall–Kier alpha value is -2.61. The Kier molecular flexibility index (Phi) is 3.85. The second kappa shape index (κ2) is 5.57. The first kappa shape index (κ1) is 13.8. The number of rotatable bonds is 4. The van der Waals surface area contributed by atoms with E-state index in [9.17, 15) is 9.90 Å². The van der Waals surface area contributed by atoms with Crippen LogP contribution in [0.5, 0.6) is 0 Å². The van der Waals surface area contributed by atoms with Crippen molar-refractivity contribution in [2.75, 3.05) is 0 Å². The number of carbonyl (C=O) groups is 1. The van der Waals surface area contributed by atoms with Crippen LogP contribution in [0.2, 0.25) is 0 Å². The van der Waals surface area contributed by atoms with Gasteiger partial charge in [0.05, 0.1) is 11.6 Å². The number of aryl methyl sites for hydroxylation is 1. The number of nitrogens with one attached hydrogen (secondary N) is 1. The number of carboxylic acids is 1. The first-order valence-electron chi connectivity index (χ1n) is 6.36. The number of aromatic nitrogens is 2. The molecule has 0 bridgehead atoms. The number of H-pyrrole nitrogens is 1. The first-order valence-corrected chi connectivity index (χ1v) is 6.36. The maximum absolute atomic E-state index is 11.3. The monoisotopic (exact) mass is 269 g/mol. The quantitative estimate of drug-likeness (QED) is 0.893. The third kappa shape index (κ3) is 2.41. The molecule has 1 atom stereocenters. The van der Waals surface area contributed by atoms with Gasteiger partial charge in [0.15, 0.2) is 5.69 Å². The highest BCUT2D eigenvalue weighted by Crippen LogP contribution is 2.32. The van der Waals surface area contributed by atoms with E-state index in [1.807, 2.05) is 26.0 Å². The van der Waals surface area contributed by atoms with E-state index in [1.54, 1.807) is 12.1 Å². The van der Waals surface area contributed by atoms with Gasteiger partial charge in [-0.3, -0.25) is 5.10 Å². The SMILES string of the molecule is CCC(c1cccc(C#N)c1)c1c(C(=O)O)n[nH]c1C. The Morgan fingerprint density at radius 1 is 1.55 bits per heavy atom. The van der Waals surface area contributed by atoms with Crippen LogP contribution in [0.15, 0.2) is 24.3 Å². The van der Waals surface area contributed by atoms with Gasteiger partial charge in [-0.2, -0.15) is 10.4 Å². The average Bonchev–Trinajstić information content (AvgIpc) is 2.82. The number of carboxylic acid groups (broad SMARTS) is 1. The van der Waals surface area contributed by atoms with Crippen molar-refractivity contribution in [3.05, 3.63) is 52.3 Å². The van der Waals surface area contributed by atoms with Crippen molar-refractivity contribution in [3.63, 3.8) is 0 Å². The summed E-state index contributed by atoms with van der Waals surface area (Å²) in [6, 6.07) is 9.36. The van der Waals surface area contributed by atoms with Crippen molar-refractivity contribution in [2.24, 2.45) is 0 Å². The third-order valence-electron chi connectivity index (χ3n) is 3.37. The molecule has 1 heterocycles. The zero-order valence-corrected chi connectivity index (χ0v) is 11.3. The van der Waals surface area contributed by atoms with Crippen LogP contribution in [0.4, 0.5) is 0 Å². The predicted molar refractivity (Wildman–Crippen MR) is 73.6 cm³/mol. The van der Waals surface area contributed by atoms with Crippen LogP contribution >= 0.6 is 0 Å². The van der Waals surface area contributed by atoms with Crippen LogP contribution in [0.25, 0.3) is 0 Å². The van der Waals surface area contributed by atoms with Crippen molar-refractivity contribution in [2.45, 2.75) is 26.2 Å². The minimum atomic E-state index is -1.04. The molecule has 0 aliphatic rings. The minimum absolute atomic E-state index is 0.0525. The molecule has 0 aliphatic carbocycles. The van der Waals surface area contributed by atoms with E-state index in [0.717, 1.165) is 17.7 Å². The van der Waals surface area contributed by atoms with Gasteiger partial charge in [-0.05, 0) is 31.0 Å². The predicted octanol–water partition coefficient (Wildman–Crippen LogP) is 2.83. The normalized spacial score (nSPS) is 11.8. The molecular weight excluding hydrogens is 254 g/mol. The summed E-state index contributed by atoms with van der Waals surface area (Å²) in [5, 5.41) is 24.8. The van der Waals surface area contributed by atoms with Crippen LogP contribution in [0.3, 0.4) is 0 Å². The van der Waals surface area contributed by atoms with Crippen molar-refractivity contribution in [1.29, 1.82) is 5.26 Å². The van der Waals surface area contributed by atoms with Gasteiger partial charge in [-0.1, -0.05) is 19.1 Å². The third-order valence-corrected chi connectivity index (χ3v) is 3.37. The molecule has 1 aromatic carbocycles. The van der Waals surface area contributed by atoms with Gasteiger partial charge in [0.2, 0.25) is 0 Å². The van der Waals surface area contributed by atoms with Gasteiger partial charge < -0.3 is 5.11 Å². The average molecular weight is 269 g/mol. The molecular formula is C15H15N3O2. The molecule has 0 fully saturated rings. The summed E-state index contributed by atoms with van der Waals surface area (Å²) in [5.41, 5.74) is 2.99. The summed E-state index contributed by atoms with van der Waals surface area (Å²) in [6.07, 6.45) is 0.732. The lowest BCUT2D eigenvalue weighted by Crippen LogP contribution is -2.08. The lowest BCUT2D eigenvalue weighted by molar-refractivity contribution is 0.0689. The van der Waals surface area contributed by atoms with E-state index in [0.29, 0.717) is 11.1 Å². The molecule has 0 saturated carbocycles. The molecule has 2 aromatic rings. The van der Waals surface area contributed by atoms with Crippen molar-refractivity contribution in [3.8, 4) is 6.07 Å². The van der Waals surface area contributed by atoms with E-state index in [2.05, 4.69) is 16.3 Å². The van der Waals surface area contributed by atoms with Crippen molar-refractivity contribution >= 4 is 5.97 Å². The second-order valence-corrected chi connectivity index (χ2v) is 4.61. The number of aromatic carboxylic acids is 1. The summed E-state index contributed by atoms with van der Waals surface area (Å²) in [7, 11) is 0. The van der Waals surface area contributed by atoms with Gasteiger partial charge in [0, 0.05) is 17.2 Å². The van der Waals surface area contributed by atoms with Gasteiger partial charge in [-0.25, -0.2) is 4.79 Å². The topological polar surface area (TPSA) is 89.8 Å². The Balaban J connectivity index is 2.55. The zero-order chi connectivity index (χ0) is 14.7. The van der Waals surface area contributed by atoms with E-state index in [-0.39, 0.29) is 11.6 Å². The largest absolute Gasteiger partial charge is 0.476 e. The molecule has 102 valence electrons. The van der Waals surface area contributed by atoms with Gasteiger partial charge in [0.1, 0.15) is 0 Å². The van der Waals surface area contributed by atoms with Crippen LogP contribution in [-0.4, -0.2) is 21.3 Å². The Morgan fingerprint density at radius 2 is 2.30 bits per heavy atom. The van der Waals surface area contributed by atoms with Crippen LogP contribution < -0.4 is 0 Å². The lowest BCUT2D eigenvalue weighted by atomic mass is 9.87. The molecule has 20 heavy (non-hydrogen) atoms. The first-order chi connectivity index (χ1) is 9.58. The summed E-state index contributed by atoms with van der Waals surface area (Å²) in [6.45, 7) is 3.80. The molecule has 2 N–H and O–H groups in total. The van der Waals surface area contributed by atoms with Gasteiger partial charge in [-0.15, -0.1) is 0 Å². The summed E-state index contributed by atoms with van der Waals surface area (Å²) < 4.78 is 0. The maximum atomic E-state index is 11.3. The van der Waals surface area contributed by atoms with Crippen molar-refractivity contribution < 1.29 is 9.90 Å². The Morgan fingerprint density at radius 3 is 2.90 bits per heavy atom. The number of benzene rings is 1. The summed E-state index contributed by atoms with van der Waals surface area (Å²) in [4.78, 5) is 11.3. The molecule has 0 amide bonds. The second-order valence-electron chi connectivity index (χ2n) is 4.61. The number of nitriles is 1. The molecule has 0 radical (unpaired) electrons. The Labute approximate surface area is 116 Å². The van der Waals surface area contributed by atoms with Crippen LogP contribution in [0.1, 0.15) is 52.1 Å². The standard InChI is InChI=1S/C15H15N3O2/c1-3-12(11-6-4-5-10(7-11)8-16)13-9(2)17-18-14(13)15(19)20/h4-7,12H,3H2,1-2H3,(H,17,18)(H,19,20). The molecule has 0 spiro atoms. The number of nitrogens with zero attached hydrogens (tertiary/aromatic N) is 2. The van der Waals surface area contributed by atoms with Crippen molar-refractivity contribution in [1.82, 2.24) is 10.2 Å². The van der Waals surface area contributed by atoms with Crippen LogP contribution in [-0.2, 0) is 0 Å². The van der Waals surface area contributed by atoms with E-state index >= 15 is 0 Å². The molecule has 1 aromatic heterocycles. The fourth-order valence-corrected chi connectivity index (χ4v) is 2.46. The smallest absolute Gasteiger partial charge is 0.356 e. The highest BCUT2D eigenvalue weighted by Gasteiger charge is 2.24. The molecule has 1 unspecified atom stereocenters. The lowest BCUT2D eigenvalue weighted by Gasteiger charge is -2.16. The molecule has 5 nitrogen and oxygen atoms in total. The van der Waals surface area contributed by atoms with Gasteiger partial charge in [0.25, 0.3) is 0 Å². The Bertz CT molecular complexity index is 683. The molecule has 0 aliphatic heterocycles. The number of aromatic amines is 1. The number of hydrogen-bond donors (Lipinski definition) is 2. The minimum Gasteiger partial charge on any atom is -0.476 e. The summed E-state index contributed by atoms with van der Waals surface area (Å²) in [5.74, 6) is -1.13. The molecule has 0 saturated heterocycles. The van der Waals surface area contributed by atoms with E-state index < -0.39 is 5.97 Å². The fourth-order valence-electron chi connectivity index (χ4n) is 2.46. The fraction of sp³-hybridized carbons (Fsp3) is 0.267.